The van der Waals surface area contributed by atoms with Crippen LogP contribution in [0.15, 0.2) is 29.8 Å². The molecule has 19 heavy (non-hydrogen) atoms. The minimum atomic E-state index is -0.868. The highest BCUT2D eigenvalue weighted by Crippen LogP contribution is 2.31. The zero-order valence-electron chi connectivity index (χ0n) is 11.6. The molecule has 0 radical (unpaired) electrons. The Kier molecular flexibility index (Phi) is 4.38. The van der Waals surface area contributed by atoms with E-state index in [0.717, 1.165) is 31.5 Å². The molecule has 0 unspecified atom stereocenters. The molecule has 0 spiro atoms. The van der Waals surface area contributed by atoms with Gasteiger partial charge in [0.25, 0.3) is 0 Å². The van der Waals surface area contributed by atoms with Gasteiger partial charge in [-0.2, -0.15) is 0 Å². The summed E-state index contributed by atoms with van der Waals surface area (Å²) in [5.74, 6) is -0.407. The van der Waals surface area contributed by atoms with E-state index < -0.39 is 5.97 Å². The van der Waals surface area contributed by atoms with Crippen LogP contribution in [0.25, 0.3) is 5.57 Å². The van der Waals surface area contributed by atoms with Gasteiger partial charge in [0.05, 0.1) is 5.56 Å². The average Bonchev–Trinajstić information content (AvgIpc) is 2.40. The maximum absolute atomic E-state index is 10.9. The van der Waals surface area contributed by atoms with Gasteiger partial charge in [0, 0.05) is 0 Å². The van der Waals surface area contributed by atoms with Crippen LogP contribution < -0.4 is 5.32 Å². The minimum Gasteiger partial charge on any atom is -0.478 e. The number of benzene rings is 1. The number of nitrogens with one attached hydrogen (secondary N) is 1. The van der Waals surface area contributed by atoms with E-state index in [0.29, 0.717) is 11.5 Å². The SMILES string of the molecule is CC(C)C(=C1CCNCC1)c1ccc(C(=O)O)cc1. The van der Waals surface area contributed by atoms with Crippen LogP contribution in [-0.2, 0) is 0 Å². The second-order valence-electron chi connectivity index (χ2n) is 5.30. The topological polar surface area (TPSA) is 49.3 Å². The van der Waals surface area contributed by atoms with Gasteiger partial charge in [-0.15, -0.1) is 0 Å². The maximum atomic E-state index is 10.9. The molecule has 0 aromatic heterocycles. The molecule has 1 aromatic carbocycles. The fraction of sp³-hybridized carbons (Fsp3) is 0.438. The molecule has 0 saturated carbocycles. The number of carbonyl (C=O) groups is 1. The third-order valence-electron chi connectivity index (χ3n) is 3.61. The standard InChI is InChI=1S/C16H21NO2/c1-11(2)15(13-7-9-17-10-8-13)12-3-5-14(6-4-12)16(18)19/h3-6,11,17H,7-10H2,1-2H3,(H,18,19). The predicted octanol–water partition coefficient (Wildman–Crippen LogP) is 3.18. The number of carboxylic acids is 1. The molecule has 3 heteroatoms. The predicted molar refractivity (Wildman–Crippen MR) is 77.3 cm³/mol. The van der Waals surface area contributed by atoms with Gasteiger partial charge in [-0.1, -0.05) is 31.6 Å². The molecule has 0 amide bonds. The first-order valence-electron chi connectivity index (χ1n) is 6.86. The van der Waals surface area contributed by atoms with Crippen LogP contribution in [0, 0.1) is 5.92 Å². The van der Waals surface area contributed by atoms with Gasteiger partial charge in [0.15, 0.2) is 0 Å². The van der Waals surface area contributed by atoms with Crippen molar-refractivity contribution in [1.82, 2.24) is 5.32 Å². The average molecular weight is 259 g/mol. The third-order valence-corrected chi connectivity index (χ3v) is 3.61. The van der Waals surface area contributed by atoms with Crippen LogP contribution in [-0.4, -0.2) is 24.2 Å². The van der Waals surface area contributed by atoms with Crippen molar-refractivity contribution in [2.75, 3.05) is 13.1 Å². The lowest BCUT2D eigenvalue weighted by atomic mass is 9.86. The smallest absolute Gasteiger partial charge is 0.335 e. The monoisotopic (exact) mass is 259 g/mol. The number of hydrogen-bond donors (Lipinski definition) is 2. The normalized spacial score (nSPS) is 15.6. The fourth-order valence-electron chi connectivity index (χ4n) is 2.74. The first-order chi connectivity index (χ1) is 9.09. The molecule has 2 N–H and O–H groups in total. The van der Waals surface area contributed by atoms with Crippen LogP contribution in [0.1, 0.15) is 42.6 Å². The first-order valence-corrected chi connectivity index (χ1v) is 6.86. The van der Waals surface area contributed by atoms with Crippen molar-refractivity contribution in [1.29, 1.82) is 0 Å². The molecular formula is C16H21NO2. The van der Waals surface area contributed by atoms with Gasteiger partial charge in [0.2, 0.25) is 0 Å². The van der Waals surface area contributed by atoms with Crippen molar-refractivity contribution < 1.29 is 9.90 Å². The molecule has 0 bridgehead atoms. The summed E-state index contributed by atoms with van der Waals surface area (Å²) < 4.78 is 0. The number of hydrogen-bond acceptors (Lipinski definition) is 2. The van der Waals surface area contributed by atoms with Gasteiger partial charge < -0.3 is 10.4 Å². The zero-order chi connectivity index (χ0) is 13.8. The van der Waals surface area contributed by atoms with Gasteiger partial charge in [-0.3, -0.25) is 0 Å². The van der Waals surface area contributed by atoms with Crippen molar-refractivity contribution in [3.8, 4) is 0 Å². The van der Waals surface area contributed by atoms with E-state index in [9.17, 15) is 4.79 Å². The van der Waals surface area contributed by atoms with Gasteiger partial charge in [-0.25, -0.2) is 4.79 Å². The molecule has 1 aliphatic rings. The van der Waals surface area contributed by atoms with E-state index >= 15 is 0 Å². The van der Waals surface area contributed by atoms with Gasteiger partial charge in [-0.05, 0) is 55.1 Å². The molecule has 1 aromatic rings. The summed E-state index contributed by atoms with van der Waals surface area (Å²) in [5, 5.41) is 12.3. The Balaban J connectivity index is 2.36. The van der Waals surface area contributed by atoms with Crippen molar-refractivity contribution in [3.05, 3.63) is 41.0 Å². The minimum absolute atomic E-state index is 0.349. The Bertz CT molecular complexity index is 478. The van der Waals surface area contributed by atoms with Crippen molar-refractivity contribution in [3.63, 3.8) is 0 Å². The van der Waals surface area contributed by atoms with Gasteiger partial charge in [0.1, 0.15) is 0 Å². The Morgan fingerprint density at radius 1 is 1.11 bits per heavy atom. The summed E-state index contributed by atoms with van der Waals surface area (Å²) in [6.07, 6.45) is 2.18. The van der Waals surface area contributed by atoms with E-state index in [-0.39, 0.29) is 0 Å². The maximum Gasteiger partial charge on any atom is 0.335 e. The number of piperidine rings is 1. The first kappa shape index (κ1) is 13.8. The van der Waals surface area contributed by atoms with Gasteiger partial charge >= 0.3 is 5.97 Å². The summed E-state index contributed by atoms with van der Waals surface area (Å²) >= 11 is 0. The Labute approximate surface area is 114 Å². The molecule has 0 aliphatic carbocycles. The second-order valence-corrected chi connectivity index (χ2v) is 5.30. The summed E-state index contributed by atoms with van der Waals surface area (Å²) in [5.41, 5.74) is 4.41. The molecule has 1 fully saturated rings. The lowest BCUT2D eigenvalue weighted by Crippen LogP contribution is -2.24. The lowest BCUT2D eigenvalue weighted by Gasteiger charge is -2.23. The van der Waals surface area contributed by atoms with Crippen LogP contribution in [0.2, 0.25) is 0 Å². The molecule has 102 valence electrons. The van der Waals surface area contributed by atoms with E-state index in [2.05, 4.69) is 19.2 Å². The van der Waals surface area contributed by atoms with Crippen molar-refractivity contribution >= 4 is 11.5 Å². The Hall–Kier alpha value is -1.61. The highest BCUT2D eigenvalue weighted by atomic mass is 16.4. The lowest BCUT2D eigenvalue weighted by molar-refractivity contribution is 0.0697. The summed E-state index contributed by atoms with van der Waals surface area (Å²) in [4.78, 5) is 10.9. The van der Waals surface area contributed by atoms with E-state index in [1.54, 1.807) is 12.1 Å². The van der Waals surface area contributed by atoms with Crippen LogP contribution in [0.4, 0.5) is 0 Å². The molecule has 2 rings (SSSR count). The van der Waals surface area contributed by atoms with Crippen molar-refractivity contribution in [2.24, 2.45) is 5.92 Å². The molecular weight excluding hydrogens is 238 g/mol. The molecule has 1 aliphatic heterocycles. The molecule has 1 saturated heterocycles. The van der Waals surface area contributed by atoms with Crippen molar-refractivity contribution in [2.45, 2.75) is 26.7 Å². The molecule has 1 heterocycles. The van der Waals surface area contributed by atoms with E-state index in [4.69, 9.17) is 5.11 Å². The Morgan fingerprint density at radius 3 is 2.11 bits per heavy atom. The number of rotatable bonds is 3. The summed E-state index contributed by atoms with van der Waals surface area (Å²) in [6, 6.07) is 7.27. The zero-order valence-corrected chi connectivity index (χ0v) is 11.6. The highest BCUT2D eigenvalue weighted by molar-refractivity contribution is 5.88. The summed E-state index contributed by atoms with van der Waals surface area (Å²) in [6.45, 7) is 6.49. The Morgan fingerprint density at radius 2 is 1.63 bits per heavy atom. The highest BCUT2D eigenvalue weighted by Gasteiger charge is 2.15. The molecule has 0 atom stereocenters. The van der Waals surface area contributed by atoms with Crippen LogP contribution in [0.3, 0.4) is 0 Å². The van der Waals surface area contributed by atoms with E-state index in [1.807, 2.05) is 12.1 Å². The second kappa shape index (κ2) is 6.02. The quantitative estimate of drug-likeness (QED) is 0.876. The number of allylic oxidation sites excluding steroid dienone is 1. The fourth-order valence-corrected chi connectivity index (χ4v) is 2.74. The van der Waals surface area contributed by atoms with E-state index in [1.165, 1.54) is 11.1 Å². The van der Waals surface area contributed by atoms with Crippen LogP contribution >= 0.6 is 0 Å². The number of aromatic carboxylic acids is 1. The third kappa shape index (κ3) is 3.24. The molecule has 3 nitrogen and oxygen atoms in total. The van der Waals surface area contributed by atoms with Crippen LogP contribution in [0.5, 0.6) is 0 Å². The largest absolute Gasteiger partial charge is 0.478 e. The number of carboxylic acid groups (broad SMARTS) is 1. The summed E-state index contributed by atoms with van der Waals surface area (Å²) in [7, 11) is 0.